The molecular weight excluding hydrogens is 865 g/mol. The molecule has 64 heavy (non-hydrogen) atoms. The monoisotopic (exact) mass is 932 g/mol. The van der Waals surface area contributed by atoms with Gasteiger partial charge in [0.05, 0.1) is 25.9 Å². The zero-order chi connectivity index (χ0) is 49.0. The number of nitrogens with zero attached hydrogens (tertiary/aromatic N) is 1. The molecule has 1 aliphatic heterocycles. The van der Waals surface area contributed by atoms with E-state index in [2.05, 4.69) is 49.8 Å². The lowest BCUT2D eigenvalue weighted by atomic mass is 10.00. The number of hydrogen-bond acceptors (Lipinski definition) is 15. The summed E-state index contributed by atoms with van der Waals surface area (Å²) in [5.74, 6) is -10.4. The fourth-order valence-electron chi connectivity index (χ4n) is 6.52. The van der Waals surface area contributed by atoms with Crippen molar-refractivity contribution in [1.82, 2.24) is 42.1 Å². The average Bonchev–Trinajstić information content (AvgIpc) is 3.72. The van der Waals surface area contributed by atoms with Crippen LogP contribution >= 0.6 is 12.6 Å². The van der Waals surface area contributed by atoms with Crippen LogP contribution in [0.4, 0.5) is 0 Å². The first-order chi connectivity index (χ1) is 29.9. The standard InChI is InChI=1S/C39H68N10O14S/c1-18(2)12-23(33(56)44-24(39(62)63)13-19(3)4)43-34(57)26(15-51)46-32(55)22(9-10-29(41)53)42-37(60)30(20(5)6)48-36(59)28-8-7-11-49(28)38(61)27(16-52)47-35(58)25(14-50)45-31(54)21(40)17-64/h18-28,30,50-52,64H,7-17,40H2,1-6H3,(H2,41,53)(H,42,60)(H,43,57)(H,44,56)(H,45,54)(H,46,55)(H,47,58)(H,48,59)(H,62,63)/t21-,22-,23-,24-,25-,26-,27-,28-,30-/m0/s1. The summed E-state index contributed by atoms with van der Waals surface area (Å²) >= 11 is 3.91. The molecule has 0 aromatic heterocycles. The topological polar surface area (TPSA) is 391 Å². The van der Waals surface area contributed by atoms with Gasteiger partial charge in [-0.05, 0) is 49.9 Å². The van der Waals surface area contributed by atoms with Crippen LogP contribution in [-0.2, 0) is 47.9 Å². The number of aliphatic hydroxyl groups is 3. The van der Waals surface area contributed by atoms with Crippen molar-refractivity contribution in [2.24, 2.45) is 29.2 Å². The van der Waals surface area contributed by atoms with Crippen LogP contribution in [0.3, 0.4) is 0 Å². The van der Waals surface area contributed by atoms with E-state index in [0.717, 1.165) is 4.90 Å². The molecule has 24 nitrogen and oxygen atoms in total. The molecule has 0 bridgehead atoms. The van der Waals surface area contributed by atoms with Crippen molar-refractivity contribution in [2.75, 3.05) is 32.1 Å². The van der Waals surface area contributed by atoms with Crippen molar-refractivity contribution < 1.29 is 68.4 Å². The summed E-state index contributed by atoms with van der Waals surface area (Å²) in [5.41, 5.74) is 10.9. The predicted octanol–water partition coefficient (Wildman–Crippen LogP) is -5.30. The van der Waals surface area contributed by atoms with E-state index in [4.69, 9.17) is 11.5 Å². The Bertz CT molecular complexity index is 1650. The lowest BCUT2D eigenvalue weighted by Gasteiger charge is -2.31. The van der Waals surface area contributed by atoms with Gasteiger partial charge in [-0.2, -0.15) is 12.6 Å². The molecule has 0 aliphatic carbocycles. The van der Waals surface area contributed by atoms with Crippen LogP contribution in [0.15, 0.2) is 0 Å². The normalized spacial score (nSPS) is 17.5. The molecule has 0 aromatic rings. The number of likely N-dealkylation sites (tertiary alicyclic amines) is 1. The number of carboxylic acids is 1. The molecule has 1 saturated heterocycles. The summed E-state index contributed by atoms with van der Waals surface area (Å²) in [6.07, 6.45) is -0.237. The fourth-order valence-corrected chi connectivity index (χ4v) is 6.69. The van der Waals surface area contributed by atoms with Gasteiger partial charge < -0.3 is 74.0 Å². The third kappa shape index (κ3) is 18.5. The van der Waals surface area contributed by atoms with E-state index in [-0.39, 0.29) is 43.4 Å². The summed E-state index contributed by atoms with van der Waals surface area (Å²) in [5, 5.41) is 56.1. The van der Waals surface area contributed by atoms with Gasteiger partial charge in [0.2, 0.25) is 53.2 Å². The third-order valence-corrected chi connectivity index (χ3v) is 10.4. The summed E-state index contributed by atoms with van der Waals surface area (Å²) in [6.45, 7) is 7.38. The zero-order valence-corrected chi connectivity index (χ0v) is 38.0. The van der Waals surface area contributed by atoms with Gasteiger partial charge in [0, 0.05) is 18.7 Å². The number of thiol groups is 1. The maximum Gasteiger partial charge on any atom is 0.326 e. The Balaban J connectivity index is 3.21. The maximum absolute atomic E-state index is 13.8. The smallest absolute Gasteiger partial charge is 0.326 e. The van der Waals surface area contributed by atoms with Crippen LogP contribution < -0.4 is 48.7 Å². The number of hydrogen-bond donors (Lipinski definition) is 14. The molecule has 1 heterocycles. The van der Waals surface area contributed by atoms with E-state index in [1.807, 2.05) is 0 Å². The van der Waals surface area contributed by atoms with Gasteiger partial charge in [-0.15, -0.1) is 0 Å². The van der Waals surface area contributed by atoms with Gasteiger partial charge in [0.1, 0.15) is 48.3 Å². The molecule has 0 aromatic carbocycles. The first-order valence-corrected chi connectivity index (χ1v) is 21.7. The van der Waals surface area contributed by atoms with Gasteiger partial charge in [-0.25, -0.2) is 4.79 Å². The van der Waals surface area contributed by atoms with Gasteiger partial charge in [0.15, 0.2) is 0 Å². The zero-order valence-electron chi connectivity index (χ0n) is 37.1. The van der Waals surface area contributed by atoms with Crippen LogP contribution in [0, 0.1) is 17.8 Å². The summed E-state index contributed by atoms with van der Waals surface area (Å²) < 4.78 is 0. The number of aliphatic carboxylic acids is 1. The largest absolute Gasteiger partial charge is 0.480 e. The Morgan fingerprint density at radius 2 is 1.06 bits per heavy atom. The number of aliphatic hydroxyl groups excluding tert-OH is 3. The maximum atomic E-state index is 13.8. The van der Waals surface area contributed by atoms with Crippen molar-refractivity contribution in [3.05, 3.63) is 0 Å². The Morgan fingerprint density at radius 1 is 0.625 bits per heavy atom. The first kappa shape index (κ1) is 56.9. The van der Waals surface area contributed by atoms with Crippen LogP contribution in [0.1, 0.15) is 80.1 Å². The minimum atomic E-state index is -1.70. The third-order valence-electron chi connectivity index (χ3n) is 10.0. The number of nitrogens with two attached hydrogens (primary N) is 2. The molecule has 0 unspecified atom stereocenters. The first-order valence-electron chi connectivity index (χ1n) is 21.1. The van der Waals surface area contributed by atoms with Crippen LogP contribution in [-0.4, -0.2) is 171 Å². The summed E-state index contributed by atoms with van der Waals surface area (Å²) in [4.78, 5) is 131. The minimum absolute atomic E-state index is 0.0115. The van der Waals surface area contributed by atoms with Crippen LogP contribution in [0.25, 0.3) is 0 Å². The molecule has 0 radical (unpaired) electrons. The summed E-state index contributed by atoms with van der Waals surface area (Å²) in [6, 6.07) is -12.6. The predicted molar refractivity (Wildman–Crippen MR) is 231 cm³/mol. The van der Waals surface area contributed by atoms with Gasteiger partial charge in [-0.1, -0.05) is 41.5 Å². The van der Waals surface area contributed by atoms with E-state index in [9.17, 15) is 68.4 Å². The number of carbonyl (C=O) groups is 10. The van der Waals surface area contributed by atoms with Crippen molar-refractivity contribution in [1.29, 1.82) is 0 Å². The number of amides is 9. The van der Waals surface area contributed by atoms with Crippen molar-refractivity contribution in [3.63, 3.8) is 0 Å². The van der Waals surface area contributed by atoms with E-state index < -0.39 is 152 Å². The van der Waals surface area contributed by atoms with Gasteiger partial charge in [-0.3, -0.25) is 43.2 Å². The van der Waals surface area contributed by atoms with Crippen molar-refractivity contribution in [3.8, 4) is 0 Å². The molecular formula is C39H68N10O14S. The molecule has 1 fully saturated rings. The lowest BCUT2D eigenvalue weighted by molar-refractivity contribution is -0.143. The molecule has 0 saturated carbocycles. The molecule has 15 N–H and O–H groups in total. The molecule has 25 heteroatoms. The van der Waals surface area contributed by atoms with E-state index in [0.29, 0.717) is 6.42 Å². The highest BCUT2D eigenvalue weighted by Crippen LogP contribution is 2.20. The lowest BCUT2D eigenvalue weighted by Crippen LogP contribution is -2.61. The molecule has 9 amide bonds. The second-order valence-corrected chi connectivity index (χ2v) is 17.1. The Labute approximate surface area is 377 Å². The Morgan fingerprint density at radius 3 is 1.53 bits per heavy atom. The number of primary amides is 1. The number of carbonyl (C=O) groups excluding carboxylic acids is 9. The highest BCUT2D eigenvalue weighted by molar-refractivity contribution is 7.80. The minimum Gasteiger partial charge on any atom is -0.480 e. The van der Waals surface area contributed by atoms with Crippen molar-refractivity contribution in [2.45, 2.75) is 134 Å². The molecule has 9 atom stereocenters. The van der Waals surface area contributed by atoms with Gasteiger partial charge >= 0.3 is 5.97 Å². The van der Waals surface area contributed by atoms with E-state index in [1.165, 1.54) is 0 Å². The van der Waals surface area contributed by atoms with E-state index in [1.54, 1.807) is 41.5 Å². The molecule has 0 spiro atoms. The second-order valence-electron chi connectivity index (χ2n) is 16.7. The second kappa shape index (κ2) is 27.9. The SMILES string of the molecule is CC(C)C[C@H](NC(=O)[C@H](CC(C)C)NC(=O)[C@H](CO)NC(=O)[C@H](CCC(N)=O)NC(=O)[C@@H](NC(=O)[C@@H]1CCCN1C(=O)[C@H](CO)NC(=O)[C@H](CO)NC(=O)[C@@H](N)CS)C(C)C)C(=O)O. The quantitative estimate of drug-likeness (QED) is 0.0326. The Kier molecular flexibility index (Phi) is 24.8. The van der Waals surface area contributed by atoms with Crippen LogP contribution in [0.5, 0.6) is 0 Å². The fraction of sp³-hybridized carbons (Fsp3) is 0.744. The molecule has 1 rings (SSSR count). The van der Waals surface area contributed by atoms with E-state index >= 15 is 0 Å². The highest BCUT2D eigenvalue weighted by atomic mass is 32.1. The van der Waals surface area contributed by atoms with Gasteiger partial charge in [0.25, 0.3) is 0 Å². The number of carboxylic acid groups (broad SMARTS) is 1. The van der Waals surface area contributed by atoms with Crippen LogP contribution in [0.2, 0.25) is 0 Å². The number of rotatable bonds is 28. The van der Waals surface area contributed by atoms with Crippen molar-refractivity contribution >= 4 is 71.8 Å². The average molecular weight is 933 g/mol. The summed E-state index contributed by atoms with van der Waals surface area (Å²) in [7, 11) is 0. The number of nitrogens with one attached hydrogen (secondary N) is 7. The highest BCUT2D eigenvalue weighted by Gasteiger charge is 2.40. The molecule has 364 valence electrons. The molecule has 1 aliphatic rings. The Hall–Kier alpha value is -5.11.